The maximum atomic E-state index is 11.9. The second-order valence-electron chi connectivity index (χ2n) is 5.64. The quantitative estimate of drug-likeness (QED) is 0.769. The fourth-order valence-corrected chi connectivity index (χ4v) is 1.97. The normalized spacial score (nSPS) is 26.9. The summed E-state index contributed by atoms with van der Waals surface area (Å²) in [4.78, 5) is 11.9. The molecule has 0 saturated heterocycles. The van der Waals surface area contributed by atoms with Crippen molar-refractivity contribution >= 4 is 5.91 Å². The van der Waals surface area contributed by atoms with Gasteiger partial charge in [-0.2, -0.15) is 0 Å². The summed E-state index contributed by atoms with van der Waals surface area (Å²) in [6, 6.07) is 0.0874. The molecule has 1 rings (SSSR count). The number of amides is 1. The van der Waals surface area contributed by atoms with Gasteiger partial charge in [0.05, 0.1) is 6.10 Å². The van der Waals surface area contributed by atoms with Gasteiger partial charge in [-0.25, -0.2) is 0 Å². The molecule has 0 bridgehead atoms. The van der Waals surface area contributed by atoms with Crippen molar-refractivity contribution in [3.63, 3.8) is 0 Å². The minimum atomic E-state index is -0.421. The standard InChI is InChI=1S/C13H26N2O2/c1-5-13(3,4)15-12(16)9(2)17-11-8-6-7-10(11)14/h9-11H,5-8,14H2,1-4H3,(H,15,16). The molecule has 100 valence electrons. The van der Waals surface area contributed by atoms with E-state index in [0.717, 1.165) is 25.7 Å². The van der Waals surface area contributed by atoms with E-state index in [1.807, 2.05) is 13.8 Å². The Morgan fingerprint density at radius 1 is 1.53 bits per heavy atom. The Kier molecular flexibility index (Phi) is 4.95. The van der Waals surface area contributed by atoms with Crippen molar-refractivity contribution in [2.24, 2.45) is 5.73 Å². The maximum Gasteiger partial charge on any atom is 0.249 e. The van der Waals surface area contributed by atoms with Crippen LogP contribution in [-0.2, 0) is 9.53 Å². The highest BCUT2D eigenvalue weighted by atomic mass is 16.5. The van der Waals surface area contributed by atoms with Gasteiger partial charge in [-0.3, -0.25) is 4.79 Å². The third kappa shape index (κ3) is 4.28. The Morgan fingerprint density at radius 3 is 2.65 bits per heavy atom. The van der Waals surface area contributed by atoms with E-state index < -0.39 is 6.10 Å². The molecule has 0 aromatic heterocycles. The van der Waals surface area contributed by atoms with Crippen molar-refractivity contribution in [3.05, 3.63) is 0 Å². The largest absolute Gasteiger partial charge is 0.364 e. The summed E-state index contributed by atoms with van der Waals surface area (Å²) < 4.78 is 5.74. The van der Waals surface area contributed by atoms with Crippen LogP contribution in [0.3, 0.4) is 0 Å². The summed E-state index contributed by atoms with van der Waals surface area (Å²) in [6.07, 6.45) is 3.58. The van der Waals surface area contributed by atoms with Crippen molar-refractivity contribution in [2.75, 3.05) is 0 Å². The first-order chi connectivity index (χ1) is 7.85. The number of ether oxygens (including phenoxy) is 1. The molecule has 3 N–H and O–H groups in total. The van der Waals surface area contributed by atoms with Crippen LogP contribution in [0.25, 0.3) is 0 Å². The van der Waals surface area contributed by atoms with Gasteiger partial charge in [0.25, 0.3) is 0 Å². The number of hydrogen-bond donors (Lipinski definition) is 2. The molecule has 1 amide bonds. The molecular formula is C13H26N2O2. The molecule has 17 heavy (non-hydrogen) atoms. The van der Waals surface area contributed by atoms with Gasteiger partial charge in [-0.05, 0) is 46.5 Å². The van der Waals surface area contributed by atoms with E-state index in [1.165, 1.54) is 0 Å². The lowest BCUT2D eigenvalue weighted by Gasteiger charge is -2.28. The Balaban J connectivity index is 2.41. The summed E-state index contributed by atoms with van der Waals surface area (Å²) in [5, 5.41) is 2.99. The van der Waals surface area contributed by atoms with Crippen molar-refractivity contribution in [2.45, 2.75) is 77.2 Å². The molecule has 1 fully saturated rings. The Morgan fingerprint density at radius 2 is 2.18 bits per heavy atom. The molecule has 1 saturated carbocycles. The minimum absolute atomic E-state index is 0.0421. The van der Waals surface area contributed by atoms with E-state index in [9.17, 15) is 4.79 Å². The molecule has 0 heterocycles. The summed E-state index contributed by atoms with van der Waals surface area (Å²) >= 11 is 0. The van der Waals surface area contributed by atoms with Crippen LogP contribution in [0.2, 0.25) is 0 Å². The van der Waals surface area contributed by atoms with Crippen molar-refractivity contribution < 1.29 is 9.53 Å². The van der Waals surface area contributed by atoms with Gasteiger partial charge < -0.3 is 15.8 Å². The van der Waals surface area contributed by atoms with Gasteiger partial charge in [0.2, 0.25) is 5.91 Å². The lowest BCUT2D eigenvalue weighted by atomic mass is 10.0. The molecule has 0 aromatic carbocycles. The van der Waals surface area contributed by atoms with Crippen LogP contribution in [0, 0.1) is 0 Å². The van der Waals surface area contributed by atoms with Crippen LogP contribution in [-0.4, -0.2) is 29.7 Å². The summed E-state index contributed by atoms with van der Waals surface area (Å²) in [7, 11) is 0. The monoisotopic (exact) mass is 242 g/mol. The fraction of sp³-hybridized carbons (Fsp3) is 0.923. The van der Waals surface area contributed by atoms with Crippen LogP contribution in [0.5, 0.6) is 0 Å². The average molecular weight is 242 g/mol. The molecule has 4 nitrogen and oxygen atoms in total. The van der Waals surface area contributed by atoms with Crippen LogP contribution >= 0.6 is 0 Å². The molecule has 0 radical (unpaired) electrons. The highest BCUT2D eigenvalue weighted by molar-refractivity contribution is 5.81. The van der Waals surface area contributed by atoms with Crippen molar-refractivity contribution in [1.82, 2.24) is 5.32 Å². The van der Waals surface area contributed by atoms with E-state index in [0.29, 0.717) is 0 Å². The van der Waals surface area contributed by atoms with E-state index in [2.05, 4.69) is 12.2 Å². The molecule has 3 atom stereocenters. The zero-order valence-corrected chi connectivity index (χ0v) is 11.5. The first-order valence-electron chi connectivity index (χ1n) is 6.59. The lowest BCUT2D eigenvalue weighted by molar-refractivity contribution is -0.137. The van der Waals surface area contributed by atoms with E-state index >= 15 is 0 Å². The van der Waals surface area contributed by atoms with Gasteiger partial charge in [-0.15, -0.1) is 0 Å². The van der Waals surface area contributed by atoms with E-state index in [-0.39, 0.29) is 23.6 Å². The Hall–Kier alpha value is -0.610. The molecule has 0 aromatic rings. The smallest absolute Gasteiger partial charge is 0.249 e. The SMILES string of the molecule is CCC(C)(C)NC(=O)C(C)OC1CCCC1N. The molecule has 4 heteroatoms. The van der Waals surface area contributed by atoms with Gasteiger partial charge in [0, 0.05) is 11.6 Å². The predicted molar refractivity (Wildman–Crippen MR) is 68.7 cm³/mol. The van der Waals surface area contributed by atoms with E-state index in [4.69, 9.17) is 10.5 Å². The Labute approximate surface area is 104 Å². The van der Waals surface area contributed by atoms with Gasteiger partial charge >= 0.3 is 0 Å². The number of nitrogens with one attached hydrogen (secondary N) is 1. The van der Waals surface area contributed by atoms with Crippen LogP contribution in [0.15, 0.2) is 0 Å². The minimum Gasteiger partial charge on any atom is -0.364 e. The number of carbonyl (C=O) groups is 1. The molecule has 1 aliphatic rings. The van der Waals surface area contributed by atoms with Crippen molar-refractivity contribution in [1.29, 1.82) is 0 Å². The second-order valence-corrected chi connectivity index (χ2v) is 5.64. The summed E-state index contributed by atoms with van der Waals surface area (Å²) in [5.41, 5.74) is 5.75. The highest BCUT2D eigenvalue weighted by Crippen LogP contribution is 2.21. The lowest BCUT2D eigenvalue weighted by Crippen LogP contribution is -2.48. The Bertz CT molecular complexity index is 266. The third-order valence-corrected chi connectivity index (χ3v) is 3.60. The third-order valence-electron chi connectivity index (χ3n) is 3.60. The number of nitrogens with two attached hydrogens (primary N) is 1. The fourth-order valence-electron chi connectivity index (χ4n) is 1.97. The first-order valence-corrected chi connectivity index (χ1v) is 6.59. The van der Waals surface area contributed by atoms with Gasteiger partial charge in [0.15, 0.2) is 0 Å². The zero-order chi connectivity index (χ0) is 13.1. The zero-order valence-electron chi connectivity index (χ0n) is 11.5. The predicted octanol–water partition coefficient (Wildman–Crippen LogP) is 1.58. The molecule has 0 spiro atoms. The van der Waals surface area contributed by atoms with Crippen molar-refractivity contribution in [3.8, 4) is 0 Å². The topological polar surface area (TPSA) is 64.3 Å². The number of hydrogen-bond acceptors (Lipinski definition) is 3. The number of rotatable bonds is 5. The highest BCUT2D eigenvalue weighted by Gasteiger charge is 2.29. The molecular weight excluding hydrogens is 216 g/mol. The summed E-state index contributed by atoms with van der Waals surface area (Å²) in [6.45, 7) is 7.88. The first kappa shape index (κ1) is 14.5. The molecule has 3 unspecified atom stereocenters. The number of carbonyl (C=O) groups excluding carboxylic acids is 1. The molecule has 1 aliphatic carbocycles. The van der Waals surface area contributed by atoms with Gasteiger partial charge in [-0.1, -0.05) is 6.92 Å². The average Bonchev–Trinajstić information content (AvgIpc) is 2.64. The molecule has 0 aliphatic heterocycles. The maximum absolute atomic E-state index is 11.9. The second kappa shape index (κ2) is 5.83. The van der Waals surface area contributed by atoms with Crippen LogP contribution in [0.4, 0.5) is 0 Å². The van der Waals surface area contributed by atoms with Gasteiger partial charge in [0.1, 0.15) is 6.10 Å². The summed E-state index contributed by atoms with van der Waals surface area (Å²) in [5.74, 6) is -0.0454. The van der Waals surface area contributed by atoms with Crippen LogP contribution in [0.1, 0.15) is 53.4 Å². The van der Waals surface area contributed by atoms with Crippen LogP contribution < -0.4 is 11.1 Å². The van der Waals surface area contributed by atoms with E-state index in [1.54, 1.807) is 6.92 Å².